The van der Waals surface area contributed by atoms with E-state index in [1.54, 1.807) is 0 Å². The van der Waals surface area contributed by atoms with E-state index in [1.807, 2.05) is 45.9 Å². The molecule has 2 rings (SSSR count). The van der Waals surface area contributed by atoms with Gasteiger partial charge in [0.15, 0.2) is 0 Å². The molecule has 1 fully saturated rings. The molecule has 3 nitrogen and oxygen atoms in total. The normalized spacial score (nSPS) is 20.5. The highest BCUT2D eigenvalue weighted by molar-refractivity contribution is 6.66. The van der Waals surface area contributed by atoms with E-state index in [2.05, 4.69) is 13.1 Å². The summed E-state index contributed by atoms with van der Waals surface area (Å²) in [5.74, 6) is 0.723. The van der Waals surface area contributed by atoms with E-state index < -0.39 is 16.2 Å². The van der Waals surface area contributed by atoms with Gasteiger partial charge in [0.1, 0.15) is 5.75 Å². The maximum absolute atomic E-state index is 6.46. The van der Waals surface area contributed by atoms with Crippen molar-refractivity contribution in [3.8, 4) is 5.75 Å². The molecule has 1 aliphatic heterocycles. The Kier molecular flexibility index (Phi) is 4.27. The summed E-state index contributed by atoms with van der Waals surface area (Å²) in [5.41, 5.74) is 0.0902. The second-order valence-corrected chi connectivity index (χ2v) is 9.13. The van der Waals surface area contributed by atoms with Crippen LogP contribution in [-0.2, 0) is 9.31 Å². The largest absolute Gasteiger partial charge is 0.546 e. The van der Waals surface area contributed by atoms with Gasteiger partial charge in [0, 0.05) is 5.46 Å². The van der Waals surface area contributed by atoms with Crippen molar-refractivity contribution in [2.45, 2.75) is 52.0 Å². The Morgan fingerprint density at radius 1 is 1.10 bits per heavy atom. The Balaban J connectivity index is 2.31. The molecule has 0 saturated carbocycles. The summed E-state index contributed by atoms with van der Waals surface area (Å²) in [6, 6.07) is 5.75. The first-order valence-corrected chi connectivity index (χ1v) is 10.1. The van der Waals surface area contributed by atoms with Crippen molar-refractivity contribution in [1.82, 2.24) is 0 Å². The highest BCUT2D eigenvalue weighted by Crippen LogP contribution is 2.37. The van der Waals surface area contributed by atoms with Gasteiger partial charge in [0.05, 0.1) is 16.2 Å². The zero-order valence-electron chi connectivity index (χ0n) is 13.0. The molecule has 0 atom stereocenters. The first-order valence-electron chi connectivity index (χ1n) is 6.95. The standard InChI is InChI=1S/C14H22BClO3Si/c1-13(2)14(3,4)19-15(18-13)10-8-7-9-11(12(10)16)17-20(5)6/h7-9,20H,1-6H3. The molecule has 1 aromatic rings. The number of hydrogen-bond acceptors (Lipinski definition) is 3. The van der Waals surface area contributed by atoms with Crippen molar-refractivity contribution >= 4 is 33.2 Å². The molecule has 20 heavy (non-hydrogen) atoms. The third-order valence-electron chi connectivity index (χ3n) is 3.86. The fourth-order valence-electron chi connectivity index (χ4n) is 2.02. The predicted molar refractivity (Wildman–Crippen MR) is 86.7 cm³/mol. The van der Waals surface area contributed by atoms with E-state index in [-0.39, 0.29) is 11.2 Å². The Labute approximate surface area is 128 Å². The highest BCUT2D eigenvalue weighted by Gasteiger charge is 2.52. The summed E-state index contributed by atoms with van der Waals surface area (Å²) in [7, 11) is -1.65. The van der Waals surface area contributed by atoms with Crippen molar-refractivity contribution < 1.29 is 13.7 Å². The monoisotopic (exact) mass is 312 g/mol. The lowest BCUT2D eigenvalue weighted by Gasteiger charge is -2.32. The number of halogens is 1. The van der Waals surface area contributed by atoms with Crippen LogP contribution in [0.15, 0.2) is 18.2 Å². The van der Waals surface area contributed by atoms with Crippen LogP contribution < -0.4 is 9.89 Å². The molecular formula is C14H22BClO3Si. The third kappa shape index (κ3) is 2.91. The Morgan fingerprint density at radius 3 is 2.15 bits per heavy atom. The molecule has 0 radical (unpaired) electrons. The zero-order chi connectivity index (χ0) is 15.1. The number of rotatable bonds is 3. The van der Waals surface area contributed by atoms with Crippen LogP contribution >= 0.6 is 11.6 Å². The van der Waals surface area contributed by atoms with Gasteiger partial charge in [-0.2, -0.15) is 0 Å². The lowest BCUT2D eigenvalue weighted by atomic mass is 9.79. The molecule has 6 heteroatoms. The maximum atomic E-state index is 6.46. The van der Waals surface area contributed by atoms with Gasteiger partial charge in [0.2, 0.25) is 9.04 Å². The fraction of sp³-hybridized carbons (Fsp3) is 0.571. The first-order chi connectivity index (χ1) is 9.14. The minimum atomic E-state index is -1.20. The summed E-state index contributed by atoms with van der Waals surface area (Å²) >= 11 is 6.46. The van der Waals surface area contributed by atoms with Gasteiger partial charge in [-0.3, -0.25) is 0 Å². The Morgan fingerprint density at radius 2 is 1.65 bits per heavy atom. The van der Waals surface area contributed by atoms with Gasteiger partial charge in [-0.05, 0) is 46.9 Å². The van der Waals surface area contributed by atoms with E-state index in [0.29, 0.717) is 5.02 Å². The second-order valence-electron chi connectivity index (χ2n) is 6.41. The van der Waals surface area contributed by atoms with Crippen LogP contribution in [0.1, 0.15) is 27.7 Å². The molecule has 0 spiro atoms. The van der Waals surface area contributed by atoms with E-state index in [1.165, 1.54) is 0 Å². The molecular weight excluding hydrogens is 291 g/mol. The summed E-state index contributed by atoms with van der Waals surface area (Å²) in [6.07, 6.45) is 0. The van der Waals surface area contributed by atoms with Gasteiger partial charge in [0.25, 0.3) is 0 Å². The van der Waals surface area contributed by atoms with E-state index >= 15 is 0 Å². The van der Waals surface area contributed by atoms with E-state index in [9.17, 15) is 0 Å². The average molecular weight is 313 g/mol. The van der Waals surface area contributed by atoms with Crippen molar-refractivity contribution in [3.05, 3.63) is 23.2 Å². The predicted octanol–water partition coefficient (Wildman–Crippen LogP) is 3.00. The molecule has 0 aromatic heterocycles. The van der Waals surface area contributed by atoms with Crippen LogP contribution in [0.3, 0.4) is 0 Å². The lowest BCUT2D eigenvalue weighted by Crippen LogP contribution is -2.41. The van der Waals surface area contributed by atoms with Crippen LogP contribution in [0.4, 0.5) is 0 Å². The van der Waals surface area contributed by atoms with E-state index in [0.717, 1.165) is 11.2 Å². The molecule has 1 aliphatic rings. The summed E-state index contributed by atoms with van der Waals surface area (Å²) in [4.78, 5) is 0. The Bertz CT molecular complexity index is 489. The Hall–Kier alpha value is -0.488. The summed E-state index contributed by atoms with van der Waals surface area (Å²) in [6.45, 7) is 12.3. The topological polar surface area (TPSA) is 27.7 Å². The van der Waals surface area contributed by atoms with Gasteiger partial charge in [-0.15, -0.1) is 0 Å². The van der Waals surface area contributed by atoms with Crippen LogP contribution in [0.2, 0.25) is 18.1 Å². The zero-order valence-corrected chi connectivity index (χ0v) is 14.9. The van der Waals surface area contributed by atoms with Crippen LogP contribution in [0.5, 0.6) is 5.75 Å². The molecule has 0 aliphatic carbocycles. The average Bonchev–Trinajstić information content (AvgIpc) is 2.50. The molecule has 0 N–H and O–H groups in total. The molecule has 0 bridgehead atoms. The SMILES string of the molecule is C[SiH](C)Oc1cccc(B2OC(C)(C)C(C)(C)O2)c1Cl. The number of benzene rings is 1. The van der Waals surface area contributed by atoms with Crippen LogP contribution in [-0.4, -0.2) is 27.4 Å². The van der Waals surface area contributed by atoms with Crippen molar-refractivity contribution in [3.63, 3.8) is 0 Å². The summed E-state index contributed by atoms with van der Waals surface area (Å²) in [5, 5.41) is 0.590. The van der Waals surface area contributed by atoms with Gasteiger partial charge < -0.3 is 13.7 Å². The van der Waals surface area contributed by atoms with Crippen molar-refractivity contribution in [1.29, 1.82) is 0 Å². The first kappa shape index (κ1) is 15.9. The van der Waals surface area contributed by atoms with Gasteiger partial charge >= 0.3 is 7.12 Å². The second kappa shape index (κ2) is 5.37. The third-order valence-corrected chi connectivity index (χ3v) is 4.99. The van der Waals surface area contributed by atoms with Crippen molar-refractivity contribution in [2.24, 2.45) is 0 Å². The van der Waals surface area contributed by atoms with Crippen molar-refractivity contribution in [2.75, 3.05) is 0 Å². The molecule has 1 saturated heterocycles. The highest BCUT2D eigenvalue weighted by atomic mass is 35.5. The molecule has 1 heterocycles. The quantitative estimate of drug-likeness (QED) is 0.803. The maximum Gasteiger partial charge on any atom is 0.496 e. The lowest BCUT2D eigenvalue weighted by molar-refractivity contribution is 0.00578. The molecule has 0 unspecified atom stereocenters. The number of hydrogen-bond donors (Lipinski definition) is 0. The fourth-order valence-corrected chi connectivity index (χ4v) is 3.06. The molecule has 1 aromatic carbocycles. The van der Waals surface area contributed by atoms with Crippen LogP contribution in [0, 0.1) is 0 Å². The minimum absolute atomic E-state index is 0.370. The smallest absolute Gasteiger partial charge is 0.496 e. The summed E-state index contributed by atoms with van der Waals surface area (Å²) < 4.78 is 17.9. The minimum Gasteiger partial charge on any atom is -0.546 e. The molecule has 110 valence electrons. The molecule has 0 amide bonds. The van der Waals surface area contributed by atoms with Gasteiger partial charge in [-0.25, -0.2) is 0 Å². The van der Waals surface area contributed by atoms with Gasteiger partial charge in [-0.1, -0.05) is 23.7 Å². The van der Waals surface area contributed by atoms with E-state index in [4.69, 9.17) is 25.3 Å². The van der Waals surface area contributed by atoms with Crippen LogP contribution in [0.25, 0.3) is 0 Å².